The molecule has 0 radical (unpaired) electrons. The maximum absolute atomic E-state index is 5.23. The van der Waals surface area contributed by atoms with Gasteiger partial charge in [0, 0.05) is 66.3 Å². The van der Waals surface area contributed by atoms with Crippen LogP contribution in [0.5, 0.6) is 0 Å². The van der Waals surface area contributed by atoms with Gasteiger partial charge < -0.3 is 0 Å². The van der Waals surface area contributed by atoms with E-state index in [1.54, 1.807) is 0 Å². The lowest BCUT2D eigenvalue weighted by Crippen LogP contribution is -2.22. The summed E-state index contributed by atoms with van der Waals surface area (Å²) >= 11 is 0. The Labute approximate surface area is 839 Å². The molecule has 0 saturated carbocycles. The van der Waals surface area contributed by atoms with Gasteiger partial charge in [-0.2, -0.15) is 0 Å². The molecule has 3 heterocycles. The Morgan fingerprint density at radius 3 is 0.944 bits per heavy atom. The molecule has 0 saturated heterocycles. The predicted molar refractivity (Wildman–Crippen MR) is 591 cm³/mol. The van der Waals surface area contributed by atoms with Crippen molar-refractivity contribution in [1.82, 2.24) is 44.9 Å². The van der Waals surface area contributed by atoms with Crippen LogP contribution in [0.25, 0.3) is 213 Å². The zero-order chi connectivity index (χ0) is 96.8. The molecule has 682 valence electrons. The third-order valence-corrected chi connectivity index (χ3v) is 28.9. The van der Waals surface area contributed by atoms with E-state index in [1.165, 1.54) is 111 Å². The summed E-state index contributed by atoms with van der Waals surface area (Å²) < 4.78 is 0. The highest BCUT2D eigenvalue weighted by atomic mass is 15.1. The largest absolute Gasteiger partial charge is 0.208 e. The van der Waals surface area contributed by atoms with Crippen molar-refractivity contribution < 1.29 is 0 Å². The summed E-state index contributed by atoms with van der Waals surface area (Å²) in [4.78, 5) is 45.6. The molecule has 0 spiro atoms. The maximum Gasteiger partial charge on any atom is 0.164 e. The fraction of sp³-hybridized carbons (Fsp3) is 0.0593. The Hall–Kier alpha value is -18.3. The highest BCUT2D eigenvalue weighted by Crippen LogP contribution is 2.57. The molecule has 0 fully saturated rings. The van der Waals surface area contributed by atoms with Gasteiger partial charge in [-0.3, -0.25) is 0 Å². The van der Waals surface area contributed by atoms with Crippen LogP contribution >= 0.6 is 0 Å². The lowest BCUT2D eigenvalue weighted by molar-refractivity contribution is 0.661. The molecule has 20 aromatic carbocycles. The third kappa shape index (κ3) is 16.5. The first kappa shape index (κ1) is 88.4. The Kier molecular flexibility index (Phi) is 23.0. The Bertz CT molecular complexity index is 8770. The summed E-state index contributed by atoms with van der Waals surface area (Å²) in [5.74, 6) is 5.90. The summed E-state index contributed by atoms with van der Waals surface area (Å²) in [5.41, 5.74) is 39.1. The van der Waals surface area contributed by atoms with Gasteiger partial charge in [0.2, 0.25) is 0 Å². The average molecular weight is 1850 g/mol. The number of benzene rings is 20. The van der Waals surface area contributed by atoms with Crippen LogP contribution in [0, 0.1) is 0 Å². The van der Waals surface area contributed by atoms with E-state index in [1.807, 2.05) is 97.1 Å². The zero-order valence-electron chi connectivity index (χ0n) is 80.4. The molecule has 9 nitrogen and oxygen atoms in total. The molecule has 3 aliphatic carbocycles. The van der Waals surface area contributed by atoms with Gasteiger partial charge in [-0.1, -0.05) is 495 Å². The van der Waals surface area contributed by atoms with Crippen molar-refractivity contribution in [2.75, 3.05) is 0 Å². The predicted octanol–water partition coefficient (Wildman–Crippen LogP) is 33.7. The van der Waals surface area contributed by atoms with E-state index in [4.69, 9.17) is 44.9 Å². The molecule has 0 N–H and O–H groups in total. The summed E-state index contributed by atoms with van der Waals surface area (Å²) in [6.45, 7) is 11.7. The van der Waals surface area contributed by atoms with Crippen molar-refractivity contribution >= 4 is 10.8 Å². The molecule has 3 aliphatic rings. The molecule has 26 rings (SSSR count). The van der Waals surface area contributed by atoms with Gasteiger partial charge in [0.1, 0.15) is 0 Å². The van der Waals surface area contributed by atoms with Crippen LogP contribution in [0.4, 0.5) is 0 Å². The normalized spacial score (nSPS) is 13.5. The second-order valence-corrected chi connectivity index (χ2v) is 38.3. The highest BCUT2D eigenvalue weighted by molar-refractivity contribution is 6.09. The fourth-order valence-corrected chi connectivity index (χ4v) is 21.5. The fourth-order valence-electron chi connectivity index (χ4n) is 21.5. The summed E-state index contributed by atoms with van der Waals surface area (Å²) in [6.07, 6.45) is 0. The first-order valence-electron chi connectivity index (χ1n) is 49.2. The van der Waals surface area contributed by atoms with Gasteiger partial charge in [0.05, 0.1) is 0 Å². The van der Waals surface area contributed by atoms with Crippen molar-refractivity contribution in [3.8, 4) is 203 Å². The van der Waals surface area contributed by atoms with Crippen molar-refractivity contribution in [2.24, 2.45) is 0 Å². The van der Waals surface area contributed by atoms with Gasteiger partial charge >= 0.3 is 0 Å². The Morgan fingerprint density at radius 2 is 0.431 bits per heavy atom. The summed E-state index contributed by atoms with van der Waals surface area (Å²) in [7, 11) is 0. The highest BCUT2D eigenvalue weighted by Gasteiger charge is 2.43. The molecule has 3 aromatic heterocycles. The minimum absolute atomic E-state index is 0.105. The van der Waals surface area contributed by atoms with E-state index >= 15 is 0 Å². The van der Waals surface area contributed by atoms with Crippen molar-refractivity contribution in [2.45, 2.75) is 50.9 Å². The molecule has 0 bridgehead atoms. The molecule has 23 aromatic rings. The molecule has 144 heavy (non-hydrogen) atoms. The van der Waals surface area contributed by atoms with E-state index in [0.717, 1.165) is 89.0 Å². The first-order chi connectivity index (χ1) is 70.8. The minimum Gasteiger partial charge on any atom is -0.208 e. The van der Waals surface area contributed by atoms with Crippen LogP contribution in [0.2, 0.25) is 0 Å². The standard InChI is InChI=1S/C47H33N3.C46H33N3.C42H31N3/c1-47(39-20-9-4-10-21-39)42-23-12-11-22-40(42)41-29-28-37(31-43(41)47)36-18-13-19-38(30-36)46-49-44(34-16-7-3-8-17-34)48-45(50-46)35-26-24-33(25-27-35)32-14-5-2-6-15-32;1-46(2)40-23-12-11-22-38(40)42-37-21-10-9-20-36(37)39(29-41(42)46)34-18-13-19-35(28-34)45-48-43(32-16-7-4-8-17-32)47-44(49-45)33-26-24-31(25-27-33)30-14-5-3-6-15-30;1-42(2)37-27-31(28-15-6-3-7-16-28)25-26-33(37)34-23-14-24-36(38(34)42)41-44-39(30-19-10-5-11-20-30)43-40(45-41)35-22-13-12-21-32(35)29-17-8-4-9-18-29/h2-31H,1H3;3-29H,1-2H3;3-27H,1-2H3. The van der Waals surface area contributed by atoms with Gasteiger partial charge in [0.15, 0.2) is 52.4 Å². The molecular weight excluding hydrogens is 1750 g/mol. The number of hydrogen-bond acceptors (Lipinski definition) is 9. The van der Waals surface area contributed by atoms with E-state index in [9.17, 15) is 0 Å². The van der Waals surface area contributed by atoms with Crippen LogP contribution in [-0.4, -0.2) is 44.9 Å². The number of fused-ring (bicyclic) bond motifs is 11. The number of hydrogen-bond donors (Lipinski definition) is 0. The number of rotatable bonds is 16. The van der Waals surface area contributed by atoms with Crippen LogP contribution in [-0.2, 0) is 16.2 Å². The second kappa shape index (κ2) is 37.5. The van der Waals surface area contributed by atoms with Crippen LogP contribution in [0.15, 0.2) is 497 Å². The van der Waals surface area contributed by atoms with E-state index in [-0.39, 0.29) is 16.2 Å². The van der Waals surface area contributed by atoms with Gasteiger partial charge in [-0.05, 0) is 187 Å². The molecule has 1 atom stereocenters. The quantitative estimate of drug-likeness (QED) is 0.0932. The minimum atomic E-state index is -0.259. The molecule has 1 unspecified atom stereocenters. The van der Waals surface area contributed by atoms with E-state index < -0.39 is 0 Å². The molecule has 9 heteroatoms. The third-order valence-electron chi connectivity index (χ3n) is 28.9. The van der Waals surface area contributed by atoms with Gasteiger partial charge in [-0.15, -0.1) is 0 Å². The second-order valence-electron chi connectivity index (χ2n) is 38.3. The van der Waals surface area contributed by atoms with Crippen LogP contribution in [0.1, 0.15) is 73.6 Å². The molecule has 0 amide bonds. The van der Waals surface area contributed by atoms with Crippen molar-refractivity contribution in [1.29, 1.82) is 0 Å². The first-order valence-corrected chi connectivity index (χ1v) is 49.2. The van der Waals surface area contributed by atoms with Crippen molar-refractivity contribution in [3.05, 3.63) is 536 Å². The van der Waals surface area contributed by atoms with Gasteiger partial charge in [0.25, 0.3) is 0 Å². The Balaban J connectivity index is 0.000000116. The summed E-state index contributed by atoms with van der Waals surface area (Å²) in [6, 6.07) is 175. The van der Waals surface area contributed by atoms with Gasteiger partial charge in [-0.25, -0.2) is 44.9 Å². The lowest BCUT2D eigenvalue weighted by Gasteiger charge is -2.28. The number of aromatic nitrogens is 9. The van der Waals surface area contributed by atoms with E-state index in [0.29, 0.717) is 52.4 Å². The van der Waals surface area contributed by atoms with Crippen LogP contribution in [0.3, 0.4) is 0 Å². The monoisotopic (exact) mass is 1840 g/mol. The Morgan fingerprint density at radius 1 is 0.139 bits per heavy atom. The summed E-state index contributed by atoms with van der Waals surface area (Å²) in [5, 5.41) is 2.52. The SMILES string of the molecule is CC1(C)c2cc(-c3ccccc3)ccc2-c2cccc(-c3nc(-c4ccccc4)nc(-c4ccccc4-c4ccccc4)n3)c21.CC1(C)c2ccccc2-c2c1cc(-c1cccc(-c3nc(-c4ccccc4)nc(-c4ccc(-c5ccccc5)cc4)n3)c1)c1ccccc21.CC1(c2ccccc2)c2ccccc2-c2ccc(-c3cccc(-c4nc(-c5ccccc5)nc(-c5ccc(-c6ccccc6)cc5)n4)c3)cc21. The van der Waals surface area contributed by atoms with E-state index in [2.05, 4.69) is 435 Å². The van der Waals surface area contributed by atoms with Crippen LogP contribution < -0.4 is 0 Å². The maximum atomic E-state index is 5.23. The number of nitrogens with zero attached hydrogens (tertiary/aromatic N) is 9. The van der Waals surface area contributed by atoms with Crippen molar-refractivity contribution in [3.63, 3.8) is 0 Å². The molecular formula is C135H97N9. The molecule has 0 aliphatic heterocycles. The smallest absolute Gasteiger partial charge is 0.164 e. The zero-order valence-corrected chi connectivity index (χ0v) is 80.4. The lowest BCUT2D eigenvalue weighted by atomic mass is 9.74. The average Bonchev–Trinajstić information content (AvgIpc) is 1.56. The topological polar surface area (TPSA) is 116 Å².